The first kappa shape index (κ1) is 19.7. The van der Waals surface area contributed by atoms with Crippen LogP contribution in [0.25, 0.3) is 6.08 Å². The van der Waals surface area contributed by atoms with E-state index in [2.05, 4.69) is 17.9 Å². The molecular weight excluding hydrogens is 376 g/mol. The molecule has 2 atom stereocenters. The van der Waals surface area contributed by atoms with Crippen molar-refractivity contribution in [2.24, 2.45) is 0 Å². The standard InChI is InChI=1S/C21H20N2O4S/c24-19(25)13-23-17-9-5-4-8-15(17)10-11-16(21(23)27)22-20(26)18(28)12-14-6-2-1-3-7-14/h1-11,16,18,28H,12-13H2,(H,22,26)(H,24,25)/t16?,18-/m0/s1. The summed E-state index contributed by atoms with van der Waals surface area (Å²) in [4.78, 5) is 37.9. The zero-order valence-corrected chi connectivity index (χ0v) is 15.9. The number of thiol groups is 1. The van der Waals surface area contributed by atoms with Crippen molar-refractivity contribution >= 4 is 42.2 Å². The molecule has 1 unspecified atom stereocenters. The summed E-state index contributed by atoms with van der Waals surface area (Å²) < 4.78 is 0. The number of hydrogen-bond donors (Lipinski definition) is 3. The molecule has 1 aliphatic heterocycles. The molecule has 0 aromatic heterocycles. The van der Waals surface area contributed by atoms with Crippen molar-refractivity contribution in [3.63, 3.8) is 0 Å². The Morgan fingerprint density at radius 2 is 1.79 bits per heavy atom. The Bertz CT molecular complexity index is 914. The van der Waals surface area contributed by atoms with Crippen LogP contribution in [0.4, 0.5) is 5.69 Å². The molecule has 6 nitrogen and oxygen atoms in total. The lowest BCUT2D eigenvalue weighted by Gasteiger charge is -2.25. The molecule has 0 fully saturated rings. The molecule has 2 aromatic rings. The van der Waals surface area contributed by atoms with E-state index in [9.17, 15) is 19.5 Å². The number of para-hydroxylation sites is 1. The zero-order chi connectivity index (χ0) is 20.1. The predicted molar refractivity (Wildman–Crippen MR) is 110 cm³/mol. The van der Waals surface area contributed by atoms with Gasteiger partial charge in [0.2, 0.25) is 5.91 Å². The van der Waals surface area contributed by atoms with Crippen LogP contribution in [0.15, 0.2) is 60.7 Å². The second-order valence-electron chi connectivity index (χ2n) is 6.43. The van der Waals surface area contributed by atoms with Gasteiger partial charge in [-0.05, 0) is 23.6 Å². The van der Waals surface area contributed by atoms with Gasteiger partial charge in [-0.1, -0.05) is 60.7 Å². The Kier molecular flexibility index (Phi) is 6.16. The summed E-state index contributed by atoms with van der Waals surface area (Å²) in [5, 5.41) is 11.3. The van der Waals surface area contributed by atoms with Gasteiger partial charge in [-0.3, -0.25) is 19.3 Å². The molecule has 2 amide bonds. The molecule has 0 spiro atoms. The van der Waals surface area contributed by atoms with Gasteiger partial charge < -0.3 is 10.4 Å². The van der Waals surface area contributed by atoms with Crippen LogP contribution in [-0.4, -0.2) is 40.7 Å². The number of amides is 2. The number of fused-ring (bicyclic) bond motifs is 1. The maximum absolute atomic E-state index is 12.9. The molecule has 0 aliphatic carbocycles. The van der Waals surface area contributed by atoms with E-state index in [1.54, 1.807) is 36.4 Å². The number of nitrogens with one attached hydrogen (secondary N) is 1. The predicted octanol–water partition coefficient (Wildman–Crippen LogP) is 2.16. The number of nitrogens with zero attached hydrogens (tertiary/aromatic N) is 1. The number of hydrogen-bond acceptors (Lipinski definition) is 4. The Labute approximate surface area is 168 Å². The summed E-state index contributed by atoms with van der Waals surface area (Å²) in [6.07, 6.45) is 3.70. The van der Waals surface area contributed by atoms with Gasteiger partial charge in [0.15, 0.2) is 0 Å². The maximum Gasteiger partial charge on any atom is 0.323 e. The first-order chi connectivity index (χ1) is 13.5. The highest BCUT2D eigenvalue weighted by atomic mass is 32.1. The van der Waals surface area contributed by atoms with Crippen LogP contribution in [-0.2, 0) is 20.8 Å². The van der Waals surface area contributed by atoms with Gasteiger partial charge >= 0.3 is 5.97 Å². The number of carbonyl (C=O) groups excluding carboxylic acids is 2. The largest absolute Gasteiger partial charge is 0.480 e. The summed E-state index contributed by atoms with van der Waals surface area (Å²) in [7, 11) is 0. The zero-order valence-electron chi connectivity index (χ0n) is 15.0. The van der Waals surface area contributed by atoms with Crippen molar-refractivity contribution in [3.8, 4) is 0 Å². The molecule has 1 heterocycles. The molecule has 7 heteroatoms. The minimum atomic E-state index is -1.13. The van der Waals surface area contributed by atoms with E-state index >= 15 is 0 Å². The lowest BCUT2D eigenvalue weighted by molar-refractivity contribution is -0.136. The first-order valence-electron chi connectivity index (χ1n) is 8.78. The summed E-state index contributed by atoms with van der Waals surface area (Å²) >= 11 is 4.36. The summed E-state index contributed by atoms with van der Waals surface area (Å²) in [6, 6.07) is 15.5. The fourth-order valence-electron chi connectivity index (χ4n) is 3.03. The van der Waals surface area contributed by atoms with E-state index in [-0.39, 0.29) is 0 Å². The SMILES string of the molecule is O=C(O)CN1C(=O)C(NC(=O)[C@@H](S)Cc2ccccc2)C=Cc2ccccc21. The van der Waals surface area contributed by atoms with Crippen LogP contribution in [0.3, 0.4) is 0 Å². The molecule has 28 heavy (non-hydrogen) atoms. The Morgan fingerprint density at radius 1 is 1.11 bits per heavy atom. The quantitative estimate of drug-likeness (QED) is 0.653. The topological polar surface area (TPSA) is 86.7 Å². The van der Waals surface area contributed by atoms with Gasteiger partial charge in [-0.25, -0.2) is 0 Å². The van der Waals surface area contributed by atoms with E-state index in [1.807, 2.05) is 30.3 Å². The van der Waals surface area contributed by atoms with E-state index in [0.717, 1.165) is 5.56 Å². The molecular formula is C21H20N2O4S. The molecule has 0 radical (unpaired) electrons. The highest BCUT2D eigenvalue weighted by Crippen LogP contribution is 2.25. The molecule has 2 aromatic carbocycles. The van der Waals surface area contributed by atoms with E-state index in [0.29, 0.717) is 17.7 Å². The van der Waals surface area contributed by atoms with Crippen molar-refractivity contribution in [2.75, 3.05) is 11.4 Å². The summed E-state index contributed by atoms with van der Waals surface area (Å²) in [5.74, 6) is -2.03. The van der Waals surface area contributed by atoms with Gasteiger partial charge in [0, 0.05) is 0 Å². The molecule has 1 aliphatic rings. The molecule has 144 valence electrons. The second-order valence-corrected chi connectivity index (χ2v) is 7.05. The third-order valence-corrected chi connectivity index (χ3v) is 4.81. The van der Waals surface area contributed by atoms with Gasteiger partial charge in [-0.15, -0.1) is 0 Å². The van der Waals surface area contributed by atoms with Gasteiger partial charge in [0.05, 0.1) is 10.9 Å². The average molecular weight is 396 g/mol. The third kappa shape index (κ3) is 4.61. The summed E-state index contributed by atoms with van der Waals surface area (Å²) in [5.41, 5.74) is 2.16. The molecule has 0 bridgehead atoms. The second kappa shape index (κ2) is 8.75. The van der Waals surface area contributed by atoms with Crippen molar-refractivity contribution < 1.29 is 19.5 Å². The Balaban J connectivity index is 1.77. The number of rotatable bonds is 6. The van der Waals surface area contributed by atoms with Crippen molar-refractivity contribution in [3.05, 3.63) is 71.8 Å². The van der Waals surface area contributed by atoms with Crippen LogP contribution in [0.2, 0.25) is 0 Å². The number of benzene rings is 2. The maximum atomic E-state index is 12.9. The van der Waals surface area contributed by atoms with Crippen LogP contribution in [0, 0.1) is 0 Å². The van der Waals surface area contributed by atoms with Crippen LogP contribution < -0.4 is 10.2 Å². The van der Waals surface area contributed by atoms with Crippen LogP contribution in [0.5, 0.6) is 0 Å². The van der Waals surface area contributed by atoms with E-state index in [4.69, 9.17) is 0 Å². The van der Waals surface area contributed by atoms with Crippen LogP contribution in [0.1, 0.15) is 11.1 Å². The lowest BCUT2D eigenvalue weighted by Crippen LogP contribution is -2.50. The number of carboxylic acids is 1. The third-order valence-electron chi connectivity index (χ3n) is 4.39. The number of aliphatic carboxylic acids is 1. The molecule has 0 saturated carbocycles. The minimum absolute atomic E-state index is 0.392. The monoisotopic (exact) mass is 396 g/mol. The van der Waals surface area contributed by atoms with Crippen molar-refractivity contribution in [1.29, 1.82) is 0 Å². The molecule has 0 saturated heterocycles. The Hall–Kier alpha value is -3.06. The fraction of sp³-hybridized carbons (Fsp3) is 0.190. The van der Waals surface area contributed by atoms with E-state index in [1.165, 1.54) is 4.90 Å². The fourth-order valence-corrected chi connectivity index (χ4v) is 3.32. The molecule has 3 rings (SSSR count). The van der Waals surface area contributed by atoms with Crippen molar-refractivity contribution in [1.82, 2.24) is 5.32 Å². The van der Waals surface area contributed by atoms with Gasteiger partial charge in [0.25, 0.3) is 5.91 Å². The first-order valence-corrected chi connectivity index (χ1v) is 9.30. The number of carbonyl (C=O) groups is 3. The summed E-state index contributed by atoms with van der Waals surface area (Å²) in [6.45, 7) is -0.488. The lowest BCUT2D eigenvalue weighted by atomic mass is 10.1. The normalized spacial score (nSPS) is 16.8. The van der Waals surface area contributed by atoms with Gasteiger partial charge in [-0.2, -0.15) is 12.6 Å². The minimum Gasteiger partial charge on any atom is -0.480 e. The van der Waals surface area contributed by atoms with E-state index < -0.39 is 35.6 Å². The van der Waals surface area contributed by atoms with Crippen LogP contribution >= 0.6 is 12.6 Å². The smallest absolute Gasteiger partial charge is 0.323 e. The highest BCUT2D eigenvalue weighted by Gasteiger charge is 2.31. The number of carboxylic acid groups (broad SMARTS) is 1. The van der Waals surface area contributed by atoms with Crippen molar-refractivity contribution in [2.45, 2.75) is 17.7 Å². The average Bonchev–Trinajstić information content (AvgIpc) is 2.81. The molecule has 2 N–H and O–H groups in total. The number of anilines is 1. The Morgan fingerprint density at radius 3 is 2.50 bits per heavy atom. The highest BCUT2D eigenvalue weighted by molar-refractivity contribution is 7.81. The van der Waals surface area contributed by atoms with Gasteiger partial charge in [0.1, 0.15) is 12.6 Å².